The van der Waals surface area contributed by atoms with Crippen LogP contribution in [0.3, 0.4) is 0 Å². The van der Waals surface area contributed by atoms with Crippen LogP contribution in [0.25, 0.3) is 10.9 Å². The molecule has 0 spiro atoms. The standard InChI is InChI=1S/C15H15N5O2S2/c1-3-11-19-20-15(24-11)17-12(21)8(2)23-14-16-10-7-5-4-6-9(10)13(22)18-14/h4-8H,3H2,1-2H3,(H,16,18,22)(H,17,20,21)/t8-/m1/s1. The molecule has 3 aromatic rings. The Morgan fingerprint density at radius 3 is 2.92 bits per heavy atom. The molecule has 0 aliphatic carbocycles. The number of rotatable bonds is 5. The van der Waals surface area contributed by atoms with Crippen molar-refractivity contribution in [1.82, 2.24) is 20.2 Å². The number of nitrogens with zero attached hydrogens (tertiary/aromatic N) is 3. The molecule has 24 heavy (non-hydrogen) atoms. The highest BCUT2D eigenvalue weighted by Crippen LogP contribution is 2.22. The monoisotopic (exact) mass is 361 g/mol. The molecule has 0 unspecified atom stereocenters. The summed E-state index contributed by atoms with van der Waals surface area (Å²) in [4.78, 5) is 31.4. The average Bonchev–Trinajstić information content (AvgIpc) is 3.02. The number of nitrogens with one attached hydrogen (secondary N) is 2. The van der Waals surface area contributed by atoms with Crippen molar-refractivity contribution in [3.8, 4) is 0 Å². The van der Waals surface area contributed by atoms with Crippen LogP contribution in [0.2, 0.25) is 0 Å². The molecule has 0 aliphatic rings. The van der Waals surface area contributed by atoms with Gasteiger partial charge in [0.15, 0.2) is 5.16 Å². The van der Waals surface area contributed by atoms with Gasteiger partial charge in [-0.05, 0) is 25.5 Å². The lowest BCUT2D eigenvalue weighted by molar-refractivity contribution is -0.115. The summed E-state index contributed by atoms with van der Waals surface area (Å²) in [6.45, 7) is 3.73. The Morgan fingerprint density at radius 2 is 2.17 bits per heavy atom. The van der Waals surface area contributed by atoms with E-state index in [1.165, 1.54) is 23.1 Å². The van der Waals surface area contributed by atoms with Gasteiger partial charge in [-0.25, -0.2) is 4.98 Å². The molecule has 0 aliphatic heterocycles. The van der Waals surface area contributed by atoms with E-state index in [1.54, 1.807) is 25.1 Å². The fourth-order valence-electron chi connectivity index (χ4n) is 2.00. The Balaban J connectivity index is 1.73. The number of hydrogen-bond donors (Lipinski definition) is 2. The predicted octanol–water partition coefficient (Wildman–Crippen LogP) is 2.46. The van der Waals surface area contributed by atoms with E-state index in [1.807, 2.05) is 13.0 Å². The van der Waals surface area contributed by atoms with Crippen LogP contribution < -0.4 is 10.9 Å². The second-order valence-corrected chi connectivity index (χ2v) is 7.38. The van der Waals surface area contributed by atoms with E-state index in [0.29, 0.717) is 21.2 Å². The molecule has 2 heterocycles. The topological polar surface area (TPSA) is 101 Å². The zero-order valence-corrected chi connectivity index (χ0v) is 14.7. The van der Waals surface area contributed by atoms with Gasteiger partial charge >= 0.3 is 0 Å². The predicted molar refractivity (Wildman–Crippen MR) is 95.6 cm³/mol. The van der Waals surface area contributed by atoms with Crippen molar-refractivity contribution in [2.75, 3.05) is 5.32 Å². The summed E-state index contributed by atoms with van der Waals surface area (Å²) in [6.07, 6.45) is 0.778. The molecule has 0 saturated carbocycles. The van der Waals surface area contributed by atoms with Gasteiger partial charge < -0.3 is 4.98 Å². The molecule has 2 aromatic heterocycles. The lowest BCUT2D eigenvalue weighted by atomic mass is 10.2. The Kier molecular flexibility index (Phi) is 4.91. The van der Waals surface area contributed by atoms with E-state index in [-0.39, 0.29) is 11.5 Å². The number of aryl methyl sites for hydroxylation is 1. The Hall–Kier alpha value is -2.26. The fourth-order valence-corrected chi connectivity index (χ4v) is 3.48. The van der Waals surface area contributed by atoms with Gasteiger partial charge in [-0.1, -0.05) is 42.2 Å². The number of para-hydroxylation sites is 1. The van der Waals surface area contributed by atoms with Crippen LogP contribution >= 0.6 is 23.1 Å². The maximum atomic E-state index is 12.3. The fraction of sp³-hybridized carbons (Fsp3) is 0.267. The molecule has 7 nitrogen and oxygen atoms in total. The van der Waals surface area contributed by atoms with Gasteiger partial charge in [0.1, 0.15) is 5.01 Å². The van der Waals surface area contributed by atoms with E-state index < -0.39 is 5.25 Å². The summed E-state index contributed by atoms with van der Waals surface area (Å²) in [7, 11) is 0. The Labute approximate surface area is 145 Å². The molecular formula is C15H15N5O2S2. The first kappa shape index (κ1) is 16.6. The number of carbonyl (C=O) groups excluding carboxylic acids is 1. The highest BCUT2D eigenvalue weighted by atomic mass is 32.2. The quantitative estimate of drug-likeness (QED) is 0.535. The van der Waals surface area contributed by atoms with Gasteiger partial charge in [-0.2, -0.15) is 0 Å². The number of H-pyrrole nitrogens is 1. The number of aromatic nitrogens is 4. The highest BCUT2D eigenvalue weighted by molar-refractivity contribution is 8.00. The molecule has 0 saturated heterocycles. The maximum absolute atomic E-state index is 12.3. The smallest absolute Gasteiger partial charge is 0.259 e. The largest absolute Gasteiger partial charge is 0.301 e. The third kappa shape index (κ3) is 3.62. The van der Waals surface area contributed by atoms with Crippen LogP contribution in [0.15, 0.2) is 34.2 Å². The van der Waals surface area contributed by atoms with E-state index in [2.05, 4.69) is 25.5 Å². The van der Waals surface area contributed by atoms with Gasteiger partial charge in [0.25, 0.3) is 5.56 Å². The first-order valence-electron chi connectivity index (χ1n) is 7.35. The lowest BCUT2D eigenvalue weighted by Gasteiger charge is -2.09. The van der Waals surface area contributed by atoms with Crippen LogP contribution in [0.5, 0.6) is 0 Å². The van der Waals surface area contributed by atoms with Crippen LogP contribution in [-0.4, -0.2) is 31.3 Å². The lowest BCUT2D eigenvalue weighted by Crippen LogP contribution is -2.23. The molecular weight excluding hydrogens is 346 g/mol. The summed E-state index contributed by atoms with van der Waals surface area (Å²) in [5.41, 5.74) is 0.389. The van der Waals surface area contributed by atoms with Crippen LogP contribution in [-0.2, 0) is 11.2 Å². The average molecular weight is 361 g/mol. The molecule has 1 amide bonds. The number of carbonyl (C=O) groups is 1. The van der Waals surface area contributed by atoms with Crippen molar-refractivity contribution in [3.63, 3.8) is 0 Å². The van der Waals surface area contributed by atoms with E-state index in [0.717, 1.165) is 11.4 Å². The molecule has 1 aromatic carbocycles. The third-order valence-electron chi connectivity index (χ3n) is 3.25. The van der Waals surface area contributed by atoms with E-state index in [9.17, 15) is 9.59 Å². The highest BCUT2D eigenvalue weighted by Gasteiger charge is 2.18. The zero-order valence-electron chi connectivity index (χ0n) is 13.1. The maximum Gasteiger partial charge on any atom is 0.259 e. The Morgan fingerprint density at radius 1 is 1.38 bits per heavy atom. The van der Waals surface area contributed by atoms with Crippen molar-refractivity contribution in [2.24, 2.45) is 0 Å². The SMILES string of the molecule is CCc1nnc(NC(=O)[C@@H](C)Sc2nc3ccccc3c(=O)[nH]2)s1. The molecule has 0 fully saturated rings. The molecule has 0 radical (unpaired) electrons. The number of aromatic amines is 1. The zero-order chi connectivity index (χ0) is 17.1. The first-order valence-corrected chi connectivity index (χ1v) is 9.05. The van der Waals surface area contributed by atoms with Crippen molar-refractivity contribution < 1.29 is 4.79 Å². The van der Waals surface area contributed by atoms with Crippen molar-refractivity contribution in [1.29, 1.82) is 0 Å². The first-order chi connectivity index (χ1) is 11.6. The second kappa shape index (κ2) is 7.10. The summed E-state index contributed by atoms with van der Waals surface area (Å²) < 4.78 is 0. The second-order valence-electron chi connectivity index (χ2n) is 4.99. The van der Waals surface area contributed by atoms with Crippen LogP contribution in [0.1, 0.15) is 18.9 Å². The number of thioether (sulfide) groups is 1. The summed E-state index contributed by atoms with van der Waals surface area (Å²) in [5, 5.41) is 12.5. The molecule has 3 rings (SSSR count). The minimum absolute atomic E-state index is 0.213. The third-order valence-corrected chi connectivity index (χ3v) is 5.22. The summed E-state index contributed by atoms with van der Waals surface area (Å²) in [5.74, 6) is -0.213. The van der Waals surface area contributed by atoms with Crippen LogP contribution in [0.4, 0.5) is 5.13 Å². The molecule has 1 atom stereocenters. The minimum Gasteiger partial charge on any atom is -0.301 e. The van der Waals surface area contributed by atoms with E-state index in [4.69, 9.17) is 0 Å². The molecule has 0 bridgehead atoms. The molecule has 2 N–H and O–H groups in total. The number of fused-ring (bicyclic) bond motifs is 1. The van der Waals surface area contributed by atoms with Crippen LogP contribution in [0, 0.1) is 0 Å². The van der Waals surface area contributed by atoms with E-state index >= 15 is 0 Å². The summed E-state index contributed by atoms with van der Waals surface area (Å²) in [6, 6.07) is 7.09. The van der Waals surface area contributed by atoms with Gasteiger partial charge in [0.2, 0.25) is 11.0 Å². The number of amides is 1. The summed E-state index contributed by atoms with van der Waals surface area (Å²) >= 11 is 2.54. The number of hydrogen-bond acceptors (Lipinski definition) is 7. The van der Waals surface area contributed by atoms with Gasteiger partial charge in [-0.3, -0.25) is 14.9 Å². The number of anilines is 1. The molecule has 124 valence electrons. The van der Waals surface area contributed by atoms with Crippen molar-refractivity contribution in [3.05, 3.63) is 39.6 Å². The van der Waals surface area contributed by atoms with Gasteiger partial charge in [0, 0.05) is 0 Å². The van der Waals surface area contributed by atoms with Gasteiger partial charge in [-0.15, -0.1) is 10.2 Å². The Bertz CT molecular complexity index is 937. The molecule has 9 heteroatoms. The van der Waals surface area contributed by atoms with Crippen molar-refractivity contribution >= 4 is 45.0 Å². The van der Waals surface area contributed by atoms with Gasteiger partial charge in [0.05, 0.1) is 16.2 Å². The number of benzene rings is 1. The minimum atomic E-state index is -0.441. The van der Waals surface area contributed by atoms with Crippen molar-refractivity contribution in [2.45, 2.75) is 30.7 Å². The normalized spacial score (nSPS) is 12.2.